The first-order valence-electron chi connectivity index (χ1n) is 7.13. The molecule has 5 nitrogen and oxygen atoms in total. The van der Waals surface area contributed by atoms with Crippen LogP contribution in [0.15, 0.2) is 12.1 Å². The Morgan fingerprint density at radius 1 is 1.29 bits per heavy atom. The van der Waals surface area contributed by atoms with E-state index in [2.05, 4.69) is 5.32 Å². The first-order chi connectivity index (χ1) is 10.0. The van der Waals surface area contributed by atoms with Gasteiger partial charge in [0, 0.05) is 12.6 Å². The van der Waals surface area contributed by atoms with E-state index in [-0.39, 0.29) is 24.2 Å². The third-order valence-corrected chi connectivity index (χ3v) is 4.04. The van der Waals surface area contributed by atoms with Gasteiger partial charge >= 0.3 is 0 Å². The molecule has 0 saturated heterocycles. The van der Waals surface area contributed by atoms with Crippen molar-refractivity contribution >= 4 is 11.4 Å². The van der Waals surface area contributed by atoms with Crippen molar-refractivity contribution < 1.29 is 13.7 Å². The Morgan fingerprint density at radius 2 is 1.86 bits per heavy atom. The molecule has 0 radical (unpaired) electrons. The second-order valence-corrected chi connectivity index (χ2v) is 5.43. The minimum absolute atomic E-state index is 0.226. The Kier molecular flexibility index (Phi) is 5.06. The first kappa shape index (κ1) is 15.6. The van der Waals surface area contributed by atoms with Crippen LogP contribution in [0.2, 0.25) is 0 Å². The van der Waals surface area contributed by atoms with Gasteiger partial charge in [-0.25, -0.2) is 8.78 Å². The van der Waals surface area contributed by atoms with Gasteiger partial charge in [-0.1, -0.05) is 19.3 Å². The minimum Gasteiger partial charge on any atom is -0.376 e. The van der Waals surface area contributed by atoms with Crippen LogP contribution in [0.5, 0.6) is 0 Å². The zero-order chi connectivity index (χ0) is 15.4. The van der Waals surface area contributed by atoms with Crippen LogP contribution in [0.4, 0.5) is 20.2 Å². The summed E-state index contributed by atoms with van der Waals surface area (Å²) in [6.07, 6.45) is 5.31. The summed E-state index contributed by atoms with van der Waals surface area (Å²) in [5, 5.41) is 13.4. The van der Waals surface area contributed by atoms with E-state index in [1.54, 1.807) is 0 Å². The summed E-state index contributed by atoms with van der Waals surface area (Å²) in [7, 11) is 0. The van der Waals surface area contributed by atoms with Crippen LogP contribution >= 0.6 is 0 Å². The van der Waals surface area contributed by atoms with E-state index in [4.69, 9.17) is 5.73 Å². The van der Waals surface area contributed by atoms with Gasteiger partial charge in [0.15, 0.2) is 11.6 Å². The van der Waals surface area contributed by atoms with Crippen LogP contribution in [-0.4, -0.2) is 17.5 Å². The maximum absolute atomic E-state index is 13.9. The molecule has 0 aromatic heterocycles. The third-order valence-electron chi connectivity index (χ3n) is 4.04. The van der Waals surface area contributed by atoms with E-state index in [0.717, 1.165) is 37.8 Å². The van der Waals surface area contributed by atoms with Gasteiger partial charge in [-0.3, -0.25) is 10.1 Å². The van der Waals surface area contributed by atoms with Gasteiger partial charge in [0.05, 0.1) is 17.1 Å². The highest BCUT2D eigenvalue weighted by molar-refractivity contribution is 5.52. The molecule has 1 aliphatic carbocycles. The third kappa shape index (κ3) is 3.66. The molecule has 1 unspecified atom stereocenters. The molecule has 3 N–H and O–H groups in total. The molecule has 1 aromatic rings. The molecule has 0 aliphatic heterocycles. The summed E-state index contributed by atoms with van der Waals surface area (Å²) in [6.45, 7) is 0.264. The molecule has 1 aromatic carbocycles. The monoisotopic (exact) mass is 299 g/mol. The largest absolute Gasteiger partial charge is 0.376 e. The van der Waals surface area contributed by atoms with E-state index in [1.165, 1.54) is 6.42 Å². The van der Waals surface area contributed by atoms with E-state index < -0.39 is 22.2 Å². The van der Waals surface area contributed by atoms with Crippen LogP contribution in [0.1, 0.15) is 32.1 Å². The van der Waals surface area contributed by atoms with Crippen LogP contribution in [-0.2, 0) is 0 Å². The highest BCUT2D eigenvalue weighted by Gasteiger charge is 2.25. The molecule has 0 spiro atoms. The molecule has 1 aliphatic rings. The Morgan fingerprint density at radius 3 is 2.33 bits per heavy atom. The number of anilines is 1. The summed E-state index contributed by atoms with van der Waals surface area (Å²) in [4.78, 5) is 9.75. The van der Waals surface area contributed by atoms with Gasteiger partial charge in [0.25, 0.3) is 5.69 Å². The van der Waals surface area contributed by atoms with Gasteiger partial charge in [-0.15, -0.1) is 0 Å². The second kappa shape index (κ2) is 6.80. The number of nitro benzene ring substituents is 1. The average Bonchev–Trinajstić information content (AvgIpc) is 2.47. The van der Waals surface area contributed by atoms with Gasteiger partial charge in [-0.05, 0) is 18.8 Å². The smallest absolute Gasteiger partial charge is 0.275 e. The summed E-state index contributed by atoms with van der Waals surface area (Å²) in [5.41, 5.74) is 4.78. The van der Waals surface area contributed by atoms with Crippen molar-refractivity contribution in [3.63, 3.8) is 0 Å². The molecule has 0 bridgehead atoms. The van der Waals surface area contributed by atoms with Gasteiger partial charge in [0.2, 0.25) is 0 Å². The molecule has 2 rings (SSSR count). The van der Waals surface area contributed by atoms with Gasteiger partial charge in [-0.2, -0.15) is 0 Å². The van der Waals surface area contributed by atoms with E-state index >= 15 is 0 Å². The topological polar surface area (TPSA) is 81.2 Å². The SMILES string of the molecule is NCC(Nc1c(F)cc([N+](=O)[O-])cc1F)C1CCCCC1. The summed E-state index contributed by atoms with van der Waals surface area (Å²) in [5.74, 6) is -1.65. The van der Waals surface area contributed by atoms with Crippen molar-refractivity contribution in [3.05, 3.63) is 33.9 Å². The molecule has 0 amide bonds. The fourth-order valence-electron chi connectivity index (χ4n) is 2.89. The van der Waals surface area contributed by atoms with Crippen LogP contribution in [0.3, 0.4) is 0 Å². The highest BCUT2D eigenvalue weighted by Crippen LogP contribution is 2.30. The number of benzene rings is 1. The van der Waals surface area contributed by atoms with Crippen LogP contribution < -0.4 is 11.1 Å². The number of nitrogens with zero attached hydrogens (tertiary/aromatic N) is 1. The molecular weight excluding hydrogens is 280 g/mol. The molecule has 1 saturated carbocycles. The van der Waals surface area contributed by atoms with Gasteiger partial charge in [0.1, 0.15) is 5.69 Å². The minimum atomic E-state index is -0.962. The van der Waals surface area contributed by atoms with Crippen molar-refractivity contribution in [2.45, 2.75) is 38.1 Å². The predicted molar refractivity (Wildman–Crippen MR) is 76.1 cm³/mol. The number of halogens is 2. The van der Waals surface area contributed by atoms with Crippen molar-refractivity contribution in [2.24, 2.45) is 11.7 Å². The number of nitro groups is 1. The number of hydrogen-bond acceptors (Lipinski definition) is 4. The summed E-state index contributed by atoms with van der Waals surface area (Å²) >= 11 is 0. The molecule has 1 fully saturated rings. The quantitative estimate of drug-likeness (QED) is 0.646. The summed E-state index contributed by atoms with van der Waals surface area (Å²) < 4.78 is 27.8. The Balaban J connectivity index is 2.18. The molecule has 0 heterocycles. The summed E-state index contributed by atoms with van der Waals surface area (Å²) in [6, 6.07) is 1.22. The van der Waals surface area contributed by atoms with Crippen molar-refractivity contribution in [2.75, 3.05) is 11.9 Å². The number of nitrogens with one attached hydrogen (secondary N) is 1. The predicted octanol–water partition coefficient (Wildman–Crippen LogP) is 3.19. The van der Waals surface area contributed by atoms with E-state index in [9.17, 15) is 18.9 Å². The molecule has 7 heteroatoms. The normalized spacial score (nSPS) is 17.5. The highest BCUT2D eigenvalue weighted by atomic mass is 19.1. The number of nitrogens with two attached hydrogens (primary N) is 1. The molecular formula is C14H19F2N3O2. The standard InChI is InChI=1S/C14H19F2N3O2/c15-11-6-10(19(20)21)7-12(16)14(11)18-13(8-17)9-4-2-1-3-5-9/h6-7,9,13,18H,1-5,8,17H2. The van der Waals surface area contributed by atoms with Crippen LogP contribution in [0, 0.1) is 27.7 Å². The van der Waals surface area contributed by atoms with Crippen molar-refractivity contribution in [3.8, 4) is 0 Å². The number of rotatable bonds is 5. The van der Waals surface area contributed by atoms with E-state index in [1.807, 2.05) is 0 Å². The zero-order valence-corrected chi connectivity index (χ0v) is 11.6. The number of hydrogen-bond donors (Lipinski definition) is 2. The fourth-order valence-corrected chi connectivity index (χ4v) is 2.89. The lowest BCUT2D eigenvalue weighted by atomic mass is 9.84. The Bertz CT molecular complexity index is 496. The maximum atomic E-state index is 13.9. The molecule has 1 atom stereocenters. The van der Waals surface area contributed by atoms with Crippen molar-refractivity contribution in [1.29, 1.82) is 0 Å². The van der Waals surface area contributed by atoms with Crippen LogP contribution in [0.25, 0.3) is 0 Å². The molecule has 21 heavy (non-hydrogen) atoms. The zero-order valence-electron chi connectivity index (χ0n) is 11.6. The Labute approximate surface area is 121 Å². The number of non-ortho nitro benzene ring substituents is 1. The second-order valence-electron chi connectivity index (χ2n) is 5.43. The lowest BCUT2D eigenvalue weighted by molar-refractivity contribution is -0.385. The molecule has 116 valence electrons. The average molecular weight is 299 g/mol. The van der Waals surface area contributed by atoms with Crippen molar-refractivity contribution in [1.82, 2.24) is 0 Å². The Hall–Kier alpha value is -1.76. The van der Waals surface area contributed by atoms with Gasteiger partial charge < -0.3 is 11.1 Å². The maximum Gasteiger partial charge on any atom is 0.275 e. The van der Waals surface area contributed by atoms with E-state index in [0.29, 0.717) is 0 Å². The first-order valence-corrected chi connectivity index (χ1v) is 7.13. The lowest BCUT2D eigenvalue weighted by Gasteiger charge is -2.31. The lowest BCUT2D eigenvalue weighted by Crippen LogP contribution is -2.37. The fraction of sp³-hybridized carbons (Fsp3) is 0.571.